The maximum absolute atomic E-state index is 12.9. The molecule has 3 aromatic rings. The lowest BCUT2D eigenvalue weighted by molar-refractivity contribution is -0.137. The van der Waals surface area contributed by atoms with Crippen molar-refractivity contribution in [2.45, 2.75) is 12.1 Å². The normalized spacial score (nSPS) is 15.5. The van der Waals surface area contributed by atoms with Crippen LogP contribution in [0.15, 0.2) is 77.9 Å². The zero-order valence-corrected chi connectivity index (χ0v) is 19.1. The summed E-state index contributed by atoms with van der Waals surface area (Å²) in [6, 6.07) is 17.3. The molecular weight excluding hydrogens is 483 g/mol. The highest BCUT2D eigenvalue weighted by atomic mass is 35.5. The van der Waals surface area contributed by atoms with Crippen LogP contribution in [0, 0.1) is 0 Å². The van der Waals surface area contributed by atoms with E-state index in [1.54, 1.807) is 48.5 Å². The Morgan fingerprint density at radius 2 is 1.63 bits per heavy atom. The first-order valence-electron chi connectivity index (χ1n) is 10.4. The summed E-state index contributed by atoms with van der Waals surface area (Å²) in [7, 11) is 1.30. The summed E-state index contributed by atoms with van der Waals surface area (Å²) in [5, 5.41) is 8.84. The van der Waals surface area contributed by atoms with Crippen molar-refractivity contribution in [3.05, 3.63) is 100 Å². The summed E-state index contributed by atoms with van der Waals surface area (Å²) in [6.45, 7) is 0.183. The van der Waals surface area contributed by atoms with Crippen molar-refractivity contribution in [3.8, 4) is 0 Å². The largest absolute Gasteiger partial charge is 0.465 e. The number of halogens is 4. The fourth-order valence-corrected chi connectivity index (χ4v) is 3.80. The van der Waals surface area contributed by atoms with Gasteiger partial charge < -0.3 is 10.1 Å². The first-order chi connectivity index (χ1) is 16.7. The van der Waals surface area contributed by atoms with E-state index in [0.717, 1.165) is 23.3 Å². The standard InChI is InChI=1S/C25H19ClF3N3O3/c1-35-23(33)17-4-2-15(3-5-17)21-14-32(31-22(21)16-6-10-19(26)11-7-16)24(34)30-20-12-8-18(9-13-20)25(27,28)29/h2-13,21H,14H2,1H3,(H,30,34). The van der Waals surface area contributed by atoms with E-state index in [1.165, 1.54) is 24.3 Å². The fraction of sp³-hybridized carbons (Fsp3) is 0.160. The van der Waals surface area contributed by atoms with Gasteiger partial charge in [0.15, 0.2) is 0 Å². The van der Waals surface area contributed by atoms with Crippen LogP contribution in [0.3, 0.4) is 0 Å². The van der Waals surface area contributed by atoms with Crippen LogP contribution < -0.4 is 5.32 Å². The molecular formula is C25H19ClF3N3O3. The summed E-state index contributed by atoms with van der Waals surface area (Å²) < 4.78 is 43.1. The number of urea groups is 1. The van der Waals surface area contributed by atoms with Gasteiger partial charge in [-0.15, -0.1) is 0 Å². The van der Waals surface area contributed by atoms with E-state index in [1.807, 2.05) is 0 Å². The third-order valence-electron chi connectivity index (χ3n) is 5.49. The molecule has 0 spiro atoms. The van der Waals surface area contributed by atoms with Crippen molar-refractivity contribution in [1.29, 1.82) is 0 Å². The van der Waals surface area contributed by atoms with Crippen LogP contribution in [0.5, 0.6) is 0 Å². The Labute approximate surface area is 204 Å². The lowest BCUT2D eigenvalue weighted by Crippen LogP contribution is -2.30. The van der Waals surface area contributed by atoms with Gasteiger partial charge in [-0.1, -0.05) is 35.9 Å². The van der Waals surface area contributed by atoms with Crippen LogP contribution in [0.1, 0.15) is 33.0 Å². The molecule has 0 saturated heterocycles. The van der Waals surface area contributed by atoms with Crippen molar-refractivity contribution in [2.24, 2.45) is 5.10 Å². The molecule has 1 aliphatic heterocycles. The van der Waals surface area contributed by atoms with Crippen molar-refractivity contribution in [1.82, 2.24) is 5.01 Å². The first kappa shape index (κ1) is 24.3. The van der Waals surface area contributed by atoms with Crippen LogP contribution in [-0.2, 0) is 10.9 Å². The molecule has 0 aliphatic carbocycles. The zero-order valence-electron chi connectivity index (χ0n) is 18.3. The van der Waals surface area contributed by atoms with Crippen molar-refractivity contribution >= 4 is 35.0 Å². The first-order valence-corrected chi connectivity index (χ1v) is 10.8. The zero-order chi connectivity index (χ0) is 25.2. The molecule has 35 heavy (non-hydrogen) atoms. The molecule has 0 saturated carbocycles. The van der Waals surface area contributed by atoms with Crippen LogP contribution >= 0.6 is 11.6 Å². The Hall–Kier alpha value is -3.85. The lowest BCUT2D eigenvalue weighted by Gasteiger charge is -2.16. The second-order valence-corrected chi connectivity index (χ2v) is 8.18. The number of nitrogens with one attached hydrogen (secondary N) is 1. The summed E-state index contributed by atoms with van der Waals surface area (Å²) in [5.74, 6) is -0.784. The molecule has 0 bridgehead atoms. The van der Waals surface area contributed by atoms with E-state index in [0.29, 0.717) is 16.3 Å². The number of anilines is 1. The van der Waals surface area contributed by atoms with Crippen LogP contribution in [0.2, 0.25) is 5.02 Å². The summed E-state index contributed by atoms with van der Waals surface area (Å²) in [6.07, 6.45) is -4.47. The average molecular weight is 502 g/mol. The Morgan fingerprint density at radius 3 is 2.20 bits per heavy atom. The monoisotopic (exact) mass is 501 g/mol. The molecule has 1 N–H and O–H groups in total. The van der Waals surface area contributed by atoms with Gasteiger partial charge in [0.25, 0.3) is 0 Å². The third-order valence-corrected chi connectivity index (χ3v) is 5.74. The van der Waals surface area contributed by atoms with E-state index in [-0.39, 0.29) is 18.2 Å². The Bertz CT molecular complexity index is 1260. The second-order valence-electron chi connectivity index (χ2n) is 7.75. The molecule has 1 heterocycles. The minimum Gasteiger partial charge on any atom is -0.465 e. The minimum atomic E-state index is -4.47. The average Bonchev–Trinajstić information content (AvgIpc) is 3.29. The highest BCUT2D eigenvalue weighted by Crippen LogP contribution is 2.32. The summed E-state index contributed by atoms with van der Waals surface area (Å²) >= 11 is 6.01. The number of ether oxygens (including phenoxy) is 1. The van der Waals surface area contributed by atoms with Crippen LogP contribution in [-0.4, -0.2) is 36.4 Å². The number of hydrogen-bond donors (Lipinski definition) is 1. The molecule has 0 fully saturated rings. The molecule has 1 aliphatic rings. The van der Waals surface area contributed by atoms with Gasteiger partial charge in [-0.2, -0.15) is 18.3 Å². The van der Waals surface area contributed by atoms with Gasteiger partial charge in [0.1, 0.15) is 0 Å². The maximum atomic E-state index is 12.9. The molecule has 4 rings (SSSR count). The quantitative estimate of drug-likeness (QED) is 0.434. The summed E-state index contributed by atoms with van der Waals surface area (Å²) in [5.41, 5.74) is 1.95. The number of hydrogen-bond acceptors (Lipinski definition) is 4. The van der Waals surface area contributed by atoms with Crippen molar-refractivity contribution in [3.63, 3.8) is 0 Å². The van der Waals surface area contributed by atoms with Gasteiger partial charge in [-0.05, 0) is 59.7 Å². The molecule has 10 heteroatoms. The highest BCUT2D eigenvalue weighted by molar-refractivity contribution is 6.30. The van der Waals surface area contributed by atoms with Gasteiger partial charge >= 0.3 is 18.2 Å². The van der Waals surface area contributed by atoms with Gasteiger partial charge in [0, 0.05) is 16.6 Å². The molecule has 180 valence electrons. The van der Waals surface area contributed by atoms with Gasteiger partial charge in [0.05, 0.1) is 30.5 Å². The molecule has 1 atom stereocenters. The third kappa shape index (κ3) is 5.46. The van der Waals surface area contributed by atoms with E-state index in [4.69, 9.17) is 16.3 Å². The van der Waals surface area contributed by atoms with E-state index < -0.39 is 23.7 Å². The fourth-order valence-electron chi connectivity index (χ4n) is 3.67. The predicted molar refractivity (Wildman–Crippen MR) is 126 cm³/mol. The molecule has 3 aromatic carbocycles. The minimum absolute atomic E-state index is 0.183. The number of rotatable bonds is 4. The highest BCUT2D eigenvalue weighted by Gasteiger charge is 2.33. The van der Waals surface area contributed by atoms with Crippen molar-refractivity contribution in [2.75, 3.05) is 19.0 Å². The molecule has 1 unspecified atom stereocenters. The van der Waals surface area contributed by atoms with E-state index >= 15 is 0 Å². The number of amides is 2. The number of methoxy groups -OCH3 is 1. The Balaban J connectivity index is 1.59. The lowest BCUT2D eigenvalue weighted by atomic mass is 9.90. The summed E-state index contributed by atoms with van der Waals surface area (Å²) in [4.78, 5) is 24.7. The maximum Gasteiger partial charge on any atom is 0.416 e. The number of esters is 1. The second kappa shape index (κ2) is 9.79. The molecule has 6 nitrogen and oxygen atoms in total. The Morgan fingerprint density at radius 1 is 1.00 bits per heavy atom. The smallest absolute Gasteiger partial charge is 0.416 e. The molecule has 2 amide bonds. The topological polar surface area (TPSA) is 71.0 Å². The number of benzene rings is 3. The van der Waals surface area contributed by atoms with Gasteiger partial charge in [0.2, 0.25) is 0 Å². The van der Waals surface area contributed by atoms with Crippen molar-refractivity contribution < 1.29 is 27.5 Å². The molecule has 0 aromatic heterocycles. The van der Waals surface area contributed by atoms with Crippen LogP contribution in [0.4, 0.5) is 23.7 Å². The van der Waals surface area contributed by atoms with E-state index in [9.17, 15) is 22.8 Å². The number of nitrogens with zero attached hydrogens (tertiary/aromatic N) is 2. The number of hydrazone groups is 1. The Kier molecular flexibility index (Phi) is 6.79. The van der Waals surface area contributed by atoms with E-state index in [2.05, 4.69) is 10.4 Å². The SMILES string of the molecule is COC(=O)c1ccc(C2CN(C(=O)Nc3ccc(C(F)(F)F)cc3)N=C2c2ccc(Cl)cc2)cc1. The molecule has 0 radical (unpaired) electrons. The number of carbonyl (C=O) groups excluding carboxylic acids is 2. The number of carbonyl (C=O) groups is 2. The predicted octanol–water partition coefficient (Wildman–Crippen LogP) is 6.18. The van der Waals surface area contributed by atoms with Gasteiger partial charge in [-0.3, -0.25) is 0 Å². The van der Waals surface area contributed by atoms with Crippen LogP contribution in [0.25, 0.3) is 0 Å². The van der Waals surface area contributed by atoms with Gasteiger partial charge in [-0.25, -0.2) is 14.6 Å². The number of alkyl halides is 3.